The number of carboxylic acids is 5. The predicted molar refractivity (Wildman–Crippen MR) is 499 cm³/mol. The first-order valence-electron chi connectivity index (χ1n) is 46.1. The molecule has 0 aromatic heterocycles. The van der Waals surface area contributed by atoms with Crippen molar-refractivity contribution in [1.29, 1.82) is 0 Å². The lowest BCUT2D eigenvalue weighted by Gasteiger charge is -2.30. The maximum atomic E-state index is 14.8. The fourth-order valence-electron chi connectivity index (χ4n) is 13.5. The molecule has 0 saturated carbocycles. The van der Waals surface area contributed by atoms with E-state index in [4.69, 9.17) is 57.3 Å². The third-order valence-corrected chi connectivity index (χ3v) is 21.4. The molecule has 0 rings (SSSR count). The van der Waals surface area contributed by atoms with Crippen molar-refractivity contribution in [2.24, 2.45) is 80.1 Å². The zero-order valence-corrected chi connectivity index (χ0v) is 80.6. The number of carbonyl (C=O) groups is 26. The highest BCUT2D eigenvalue weighted by atomic mass is 16.4. The van der Waals surface area contributed by atoms with E-state index in [9.17, 15) is 155 Å². The molecule has 0 saturated heterocycles. The minimum atomic E-state index is -2.14. The van der Waals surface area contributed by atoms with Gasteiger partial charge in [0.15, 0.2) is 5.96 Å². The highest BCUT2D eigenvalue weighted by Crippen LogP contribution is 2.18. The second-order valence-corrected chi connectivity index (χ2v) is 34.4. The van der Waals surface area contributed by atoms with E-state index >= 15 is 0 Å². The number of hydrogen-bond donors (Lipinski definition) is 32. The summed E-state index contributed by atoms with van der Waals surface area (Å²) in [6, 6.07) is -29.2. The summed E-state index contributed by atoms with van der Waals surface area (Å²) in [5.74, 6) is -35.2. The molecule has 59 heteroatoms. The number of aliphatic carboxylic acids is 5. The van der Waals surface area contributed by atoms with E-state index in [1.807, 2.05) is 0 Å². The third-order valence-electron chi connectivity index (χ3n) is 21.4. The summed E-state index contributed by atoms with van der Waals surface area (Å²) < 4.78 is 0. The Morgan fingerprint density at radius 3 is 0.769 bits per heavy atom. The molecule has 0 bridgehead atoms. The lowest BCUT2D eigenvalue weighted by atomic mass is 9.96. The number of hydrogen-bond acceptors (Lipinski definition) is 31. The van der Waals surface area contributed by atoms with Crippen LogP contribution in [-0.2, 0) is 125 Å². The van der Waals surface area contributed by atoms with Crippen LogP contribution in [-0.4, -0.2) is 320 Å². The van der Waals surface area contributed by atoms with E-state index in [2.05, 4.69) is 90.1 Å². The van der Waals surface area contributed by atoms with Gasteiger partial charge in [-0.2, -0.15) is 0 Å². The maximum absolute atomic E-state index is 14.8. The average Bonchev–Trinajstić information content (AvgIpc) is 0.826. The average molecular weight is 2040 g/mol. The van der Waals surface area contributed by atoms with E-state index in [-0.39, 0.29) is 90.3 Å². The number of nitrogens with two attached hydrogens (primary N) is 10. The zero-order valence-electron chi connectivity index (χ0n) is 80.6. The molecule has 42 N–H and O–H groups in total. The molecule has 806 valence electrons. The molecule has 21 amide bonds. The Kier molecular flexibility index (Phi) is 61.4. The van der Waals surface area contributed by atoms with Crippen LogP contribution in [0.3, 0.4) is 0 Å². The van der Waals surface area contributed by atoms with Gasteiger partial charge in [0, 0.05) is 51.5 Å². The van der Waals surface area contributed by atoms with Crippen LogP contribution in [0, 0.1) is 17.8 Å². The summed E-state index contributed by atoms with van der Waals surface area (Å²) >= 11 is 0. The Bertz CT molecular complexity index is 4420. The van der Waals surface area contributed by atoms with Crippen molar-refractivity contribution in [2.75, 3.05) is 32.8 Å². The number of rotatable bonds is 77. The lowest BCUT2D eigenvalue weighted by Crippen LogP contribution is -2.62. The molecule has 0 aliphatic carbocycles. The molecule has 0 heterocycles. The van der Waals surface area contributed by atoms with Crippen molar-refractivity contribution >= 4 is 160 Å². The first-order valence-corrected chi connectivity index (χ1v) is 46.1. The first kappa shape index (κ1) is 128. The van der Waals surface area contributed by atoms with Crippen molar-refractivity contribution < 1.29 is 155 Å². The van der Waals surface area contributed by atoms with Gasteiger partial charge in [-0.15, -0.1) is 0 Å². The first-order chi connectivity index (χ1) is 66.9. The number of unbranched alkanes of at least 4 members (excludes halogenated alkanes) is 2. The van der Waals surface area contributed by atoms with Gasteiger partial charge in [-0.3, -0.25) is 130 Å². The maximum Gasteiger partial charge on any atom is 0.303 e. The van der Waals surface area contributed by atoms with Gasteiger partial charge in [0.25, 0.3) is 0 Å². The fraction of sp³-hybridized carbons (Fsp3) is 0.679. The van der Waals surface area contributed by atoms with Gasteiger partial charge in [0.1, 0.15) is 96.7 Å². The molecule has 0 aliphatic rings. The monoisotopic (exact) mass is 2040 g/mol. The van der Waals surface area contributed by atoms with E-state index < -0.39 is 390 Å². The molecule has 17 atom stereocenters. The summed E-state index contributed by atoms with van der Waals surface area (Å²) in [7, 11) is 0. The molecule has 0 radical (unpaired) electrons. The second-order valence-electron chi connectivity index (χ2n) is 34.4. The van der Waals surface area contributed by atoms with Crippen molar-refractivity contribution in [1.82, 2.24) is 85.1 Å². The van der Waals surface area contributed by atoms with Crippen molar-refractivity contribution in [2.45, 2.75) is 312 Å². The zero-order chi connectivity index (χ0) is 109. The Labute approximate surface area is 821 Å². The smallest absolute Gasteiger partial charge is 0.303 e. The van der Waals surface area contributed by atoms with Crippen LogP contribution in [0.5, 0.6) is 0 Å². The number of amides is 21. The van der Waals surface area contributed by atoms with Crippen molar-refractivity contribution in [3.63, 3.8) is 0 Å². The molecule has 0 aromatic carbocycles. The number of aliphatic hydroxyl groups is 1. The topological polar surface area (TPSA) is 1030 Å². The van der Waals surface area contributed by atoms with Crippen LogP contribution in [0.2, 0.25) is 0 Å². The quantitative estimate of drug-likeness (QED) is 0.0153. The van der Waals surface area contributed by atoms with Crippen LogP contribution < -0.4 is 142 Å². The van der Waals surface area contributed by atoms with Gasteiger partial charge < -0.3 is 173 Å². The summed E-state index contributed by atoms with van der Waals surface area (Å²) in [6.07, 6.45) is -13.5. The van der Waals surface area contributed by atoms with E-state index in [0.717, 1.165) is 0 Å². The SMILES string of the molecule is CC[C@H](C)[C@H](NC(=O)[C@H](CC(C)C)NC(=O)[C@H](CCC(=O)O)NC(=O)[C@H](CCC(N)=O)NC(=O)[C@H](CC(N)=O)NC(=O)[C@H](CCCCN)NC(=O)[C@H](CCC(N)=O)NC(=O)[C@H](CC(C)C)NC(=O)[C@H](CCC(=O)O)NC(=O)[C@H](CCC(=O)O)NC(=O)[C@H](CCC(=O)O)NC(=O)CN)C(=O)N[C@@H](CCCN=C(N)N)C(=O)N[C@@H](CCC(=O)O)C(=O)N[C@@H](CCCCN)C(=O)N[C@@H](CO)C(=O)N[C@@H](CC(N)=O)C(N)=O. The number of carbonyl (C=O) groups excluding carboxylic acids is 21. The third kappa shape index (κ3) is 54.6. The number of primary amides is 5. The molecular formula is C84H143N27O32. The number of aliphatic imine (C=N–C) groups is 1. The Hall–Kier alpha value is -14.7. The number of carboxylic acid groups (broad SMARTS) is 5. The van der Waals surface area contributed by atoms with Crippen LogP contribution in [0.4, 0.5) is 0 Å². The van der Waals surface area contributed by atoms with Crippen LogP contribution in [0.25, 0.3) is 0 Å². The van der Waals surface area contributed by atoms with Gasteiger partial charge in [-0.05, 0) is 140 Å². The van der Waals surface area contributed by atoms with Gasteiger partial charge in [0.05, 0.1) is 26.0 Å². The highest BCUT2D eigenvalue weighted by molar-refractivity contribution is 6.03. The van der Waals surface area contributed by atoms with Crippen molar-refractivity contribution in [3.8, 4) is 0 Å². The molecule has 143 heavy (non-hydrogen) atoms. The lowest BCUT2D eigenvalue weighted by molar-refractivity contribution is -0.140. The Morgan fingerprint density at radius 1 is 0.266 bits per heavy atom. The van der Waals surface area contributed by atoms with E-state index in [1.165, 1.54) is 6.92 Å². The fourth-order valence-corrected chi connectivity index (χ4v) is 13.5. The minimum Gasteiger partial charge on any atom is -0.481 e. The summed E-state index contributed by atoms with van der Waals surface area (Å²) in [5, 5.41) is 95.3. The summed E-state index contributed by atoms with van der Waals surface area (Å²) in [4.78, 5) is 352. The second kappa shape index (κ2) is 68.4. The largest absolute Gasteiger partial charge is 0.481 e. The molecular weight excluding hydrogens is 1900 g/mol. The highest BCUT2D eigenvalue weighted by Gasteiger charge is 2.41. The Morgan fingerprint density at radius 2 is 0.503 bits per heavy atom. The number of nitrogens with one attached hydrogen (secondary N) is 16. The van der Waals surface area contributed by atoms with Gasteiger partial charge in [-0.1, -0.05) is 48.0 Å². The molecule has 0 unspecified atom stereocenters. The van der Waals surface area contributed by atoms with Crippen LogP contribution in [0.1, 0.15) is 215 Å². The number of guanidine groups is 1. The standard InChI is InChI=1S/C84H143N27O32/c1-7-41(6)67(83(143)105-44(15-12-32-95-84(93)94)69(129)99-48(19-26-63(120)121)75(135)98-43(14-9-11-31-86)71(131)110-56(38-112)82(142)106-52(68(92)128)35-59(90)115)111-81(141)54(34-40(4)5)108-78(138)51(22-29-66(126)127)101-74(134)47(17-24-58(89)114)104-80(140)55(36-60(91)116)109-70(130)42(13-8-10-30-85)97-73(133)46(16-23-57(88)113)103-79(139)53(33-39(2)3)107-77(137)50(21-28-65(124)125)102-76(136)49(20-27-64(122)123)100-72(132)45(18-25-62(118)119)96-61(117)37-87/h39-56,67,112H,7-38,85-87H2,1-6H3,(H2,88,113)(H2,89,114)(H2,90,115)(H2,91,116)(H2,92,128)(H,96,117)(H,97,133)(H,98,135)(H,99,129)(H,100,132)(H,101,134)(H,102,136)(H,103,139)(H,104,140)(H,105,143)(H,106,142)(H,107,137)(H,108,138)(H,109,130)(H,110,131)(H,111,141)(H,118,119)(H,120,121)(H,122,123)(H,124,125)(H,126,127)(H4,93,94,95)/t41-,42-,43-,44-,45-,46-,47-,48-,49-,50-,51-,52-,53-,54-,55-,56-,67-/m0/s1. The predicted octanol–water partition coefficient (Wildman–Crippen LogP) is -12.8. The number of nitrogens with zero attached hydrogens (tertiary/aromatic N) is 1. The minimum absolute atomic E-state index is 0.00906. The molecule has 0 aromatic rings. The molecule has 0 fully saturated rings. The molecule has 0 aliphatic heterocycles. The van der Waals surface area contributed by atoms with Gasteiger partial charge >= 0.3 is 29.8 Å². The van der Waals surface area contributed by atoms with Crippen molar-refractivity contribution in [3.05, 3.63) is 0 Å². The Balaban J connectivity index is 7.76. The van der Waals surface area contributed by atoms with Gasteiger partial charge in [0.2, 0.25) is 124 Å². The number of aliphatic hydroxyl groups excluding tert-OH is 1. The normalized spacial score (nSPS) is 14.6. The molecule has 0 spiro atoms. The van der Waals surface area contributed by atoms with Crippen LogP contribution >= 0.6 is 0 Å². The molecule has 59 nitrogen and oxygen atoms in total. The summed E-state index contributed by atoms with van der Waals surface area (Å²) in [5.41, 5.74) is 54.9. The van der Waals surface area contributed by atoms with Crippen LogP contribution in [0.15, 0.2) is 4.99 Å². The van der Waals surface area contributed by atoms with Gasteiger partial charge in [-0.25, -0.2) is 0 Å². The van der Waals surface area contributed by atoms with E-state index in [0.29, 0.717) is 0 Å². The van der Waals surface area contributed by atoms with E-state index in [1.54, 1.807) is 34.6 Å². The summed E-state index contributed by atoms with van der Waals surface area (Å²) in [6.45, 7) is 7.43.